The molecule has 0 N–H and O–H groups in total. The van der Waals surface area contributed by atoms with E-state index in [1.807, 2.05) is 0 Å². The van der Waals surface area contributed by atoms with Gasteiger partial charge >= 0.3 is 18.8 Å². The Morgan fingerprint density at radius 1 is 1.05 bits per heavy atom. The van der Waals surface area contributed by atoms with Crippen molar-refractivity contribution in [3.63, 3.8) is 0 Å². The molecule has 0 aliphatic heterocycles. The number of hydrogen-bond donors (Lipinski definition) is 0. The first kappa shape index (κ1) is 30.7. The lowest BCUT2D eigenvalue weighted by molar-refractivity contribution is -0.605. The van der Waals surface area contributed by atoms with Gasteiger partial charge in [0.1, 0.15) is 22.7 Å². The van der Waals surface area contributed by atoms with Crippen LogP contribution in [0.3, 0.4) is 0 Å². The molecular formula is C29H23Cl2F5N2O5. The molecule has 1 aliphatic rings. The van der Waals surface area contributed by atoms with Crippen molar-refractivity contribution in [1.82, 2.24) is 4.57 Å². The van der Waals surface area contributed by atoms with Crippen LogP contribution in [-0.4, -0.2) is 23.8 Å². The topological polar surface area (TPSA) is 76.6 Å². The predicted octanol–water partition coefficient (Wildman–Crippen LogP) is 7.52. The van der Waals surface area contributed by atoms with Gasteiger partial charge in [-0.1, -0.05) is 35.3 Å². The number of esters is 1. The Morgan fingerprint density at radius 2 is 1.77 bits per heavy atom. The molecule has 1 fully saturated rings. The average molecular weight is 645 g/mol. The lowest BCUT2D eigenvalue weighted by Crippen LogP contribution is -2.26. The number of fused-ring (bicyclic) bond motifs is 1. The van der Waals surface area contributed by atoms with E-state index < -0.39 is 37.0 Å². The normalized spacial score (nSPS) is 14.2. The monoisotopic (exact) mass is 644 g/mol. The molecule has 2 heterocycles. The Kier molecular flexibility index (Phi) is 8.89. The molecule has 0 radical (unpaired) electrons. The van der Waals surface area contributed by atoms with Gasteiger partial charge in [-0.15, -0.1) is 0 Å². The number of pyridine rings is 1. The van der Waals surface area contributed by atoms with Crippen LogP contribution < -0.4 is 14.2 Å². The molecule has 2 aromatic heterocycles. The molecule has 1 aliphatic carbocycles. The zero-order valence-electron chi connectivity index (χ0n) is 22.1. The highest BCUT2D eigenvalue weighted by Crippen LogP contribution is 2.38. The van der Waals surface area contributed by atoms with Crippen LogP contribution >= 0.6 is 23.2 Å². The molecule has 14 heteroatoms. The van der Waals surface area contributed by atoms with Crippen LogP contribution in [0.2, 0.25) is 10.0 Å². The van der Waals surface area contributed by atoms with E-state index in [1.54, 1.807) is 6.07 Å². The van der Waals surface area contributed by atoms with E-state index in [0.717, 1.165) is 37.4 Å². The molecule has 0 unspecified atom stereocenters. The number of halogens is 7. The third-order valence-electron chi connectivity index (χ3n) is 6.85. The Hall–Kier alpha value is -3.77. The van der Waals surface area contributed by atoms with Crippen molar-refractivity contribution in [3.8, 4) is 11.5 Å². The third kappa shape index (κ3) is 7.61. The minimum absolute atomic E-state index is 0.00416. The van der Waals surface area contributed by atoms with Crippen molar-refractivity contribution in [2.24, 2.45) is 5.92 Å². The summed E-state index contributed by atoms with van der Waals surface area (Å²) in [5.41, 5.74) is -0.131. The largest absolute Gasteiger partial charge is 0.619 e. The average Bonchev–Trinajstić information content (AvgIpc) is 3.67. The smallest absolute Gasteiger partial charge is 0.416 e. The maximum atomic E-state index is 13.3. The van der Waals surface area contributed by atoms with Crippen molar-refractivity contribution in [2.75, 3.05) is 6.61 Å². The SMILES string of the molecule is O=C(Cn1ccc2ccc(C(F)(F)F)cc21)O[C@@H](Cc1c(Cl)c[n+]([O-])cc1Cl)c1ccc(OC(F)F)c(OCC2CC2)c1. The summed E-state index contributed by atoms with van der Waals surface area (Å²) in [7, 11) is 0. The first-order chi connectivity index (χ1) is 20.4. The summed E-state index contributed by atoms with van der Waals surface area (Å²) in [6, 6.07) is 8.81. The number of carbonyl (C=O) groups excluding carboxylic acids is 1. The van der Waals surface area contributed by atoms with Crippen LogP contribution in [0.25, 0.3) is 10.9 Å². The summed E-state index contributed by atoms with van der Waals surface area (Å²) in [6.45, 7) is -3.29. The highest BCUT2D eigenvalue weighted by Gasteiger charge is 2.31. The molecule has 7 nitrogen and oxygen atoms in total. The van der Waals surface area contributed by atoms with E-state index in [1.165, 1.54) is 35.0 Å². The molecular weight excluding hydrogens is 622 g/mol. The summed E-state index contributed by atoms with van der Waals surface area (Å²) in [6.07, 6.45) is -0.370. The molecule has 0 bridgehead atoms. The highest BCUT2D eigenvalue weighted by atomic mass is 35.5. The van der Waals surface area contributed by atoms with Gasteiger partial charge in [-0.3, -0.25) is 4.79 Å². The van der Waals surface area contributed by atoms with E-state index >= 15 is 0 Å². The predicted molar refractivity (Wildman–Crippen MR) is 146 cm³/mol. The van der Waals surface area contributed by atoms with Gasteiger partial charge in [0.2, 0.25) is 0 Å². The van der Waals surface area contributed by atoms with E-state index in [0.29, 0.717) is 15.7 Å². The van der Waals surface area contributed by atoms with Crippen molar-refractivity contribution >= 4 is 40.1 Å². The zero-order chi connectivity index (χ0) is 30.9. The number of benzene rings is 2. The fourth-order valence-electron chi connectivity index (χ4n) is 4.49. The maximum absolute atomic E-state index is 13.3. The van der Waals surface area contributed by atoms with E-state index in [-0.39, 0.29) is 51.6 Å². The number of aromatic nitrogens is 2. The summed E-state index contributed by atoms with van der Waals surface area (Å²) < 4.78 is 83.9. The zero-order valence-corrected chi connectivity index (χ0v) is 23.6. The van der Waals surface area contributed by atoms with E-state index in [2.05, 4.69) is 4.74 Å². The van der Waals surface area contributed by atoms with Crippen molar-refractivity contribution in [3.05, 3.63) is 93.0 Å². The molecule has 1 saturated carbocycles. The first-order valence-corrected chi connectivity index (χ1v) is 13.8. The van der Waals surface area contributed by atoms with E-state index in [9.17, 15) is 32.0 Å². The fourth-order valence-corrected chi connectivity index (χ4v) is 5.09. The van der Waals surface area contributed by atoms with Crippen molar-refractivity contribution in [2.45, 2.75) is 44.7 Å². The van der Waals surface area contributed by atoms with Crippen LogP contribution in [-0.2, 0) is 28.7 Å². The quantitative estimate of drug-likeness (QED) is 0.0731. The van der Waals surface area contributed by atoms with Gasteiger partial charge in [-0.25, -0.2) is 0 Å². The third-order valence-corrected chi connectivity index (χ3v) is 7.50. The van der Waals surface area contributed by atoms with Crippen molar-refractivity contribution < 1.29 is 45.7 Å². The lowest BCUT2D eigenvalue weighted by Gasteiger charge is -2.22. The van der Waals surface area contributed by atoms with Crippen molar-refractivity contribution in [1.29, 1.82) is 0 Å². The fraction of sp³-hybridized carbons (Fsp3) is 0.310. The minimum atomic E-state index is -4.58. The van der Waals surface area contributed by atoms with Gasteiger partial charge in [0.25, 0.3) is 0 Å². The summed E-state index contributed by atoms with van der Waals surface area (Å²) in [5, 5.41) is 12.2. The summed E-state index contributed by atoms with van der Waals surface area (Å²) >= 11 is 12.5. The molecule has 5 rings (SSSR count). The first-order valence-electron chi connectivity index (χ1n) is 13.0. The number of ether oxygens (including phenoxy) is 3. The Morgan fingerprint density at radius 3 is 2.42 bits per heavy atom. The van der Waals surface area contributed by atoms with Crippen LogP contribution in [0.5, 0.6) is 11.5 Å². The molecule has 0 saturated heterocycles. The van der Waals surface area contributed by atoms with Gasteiger partial charge in [0.05, 0.1) is 12.2 Å². The van der Waals surface area contributed by atoms with Crippen LogP contribution in [0.1, 0.15) is 35.6 Å². The number of nitrogens with zero attached hydrogens (tertiary/aromatic N) is 2. The standard InChI is InChI=1S/C29H23Cl2F5N2O5/c30-21-12-38(40)13-22(31)20(21)11-25(18-4-6-24(43-28(32)33)26(9-18)41-15-16-1-2-16)42-27(39)14-37-8-7-17-3-5-19(10-23(17)37)29(34,35)36/h3-10,12-13,16,25,28H,1-2,11,14-15H2/t25-/m0/s1. The van der Waals surface area contributed by atoms with Gasteiger partial charge in [-0.05, 0) is 60.0 Å². The second kappa shape index (κ2) is 12.5. The molecule has 2 aromatic carbocycles. The van der Waals surface area contributed by atoms with Gasteiger partial charge in [0.15, 0.2) is 23.9 Å². The Bertz CT molecular complexity index is 1620. The summed E-state index contributed by atoms with van der Waals surface area (Å²) in [4.78, 5) is 13.2. The molecule has 0 amide bonds. The number of rotatable bonds is 11. The molecule has 228 valence electrons. The second-order valence-corrected chi connectivity index (χ2v) is 10.8. The second-order valence-electron chi connectivity index (χ2n) is 10.0. The molecule has 0 spiro atoms. The Labute approximate surface area is 251 Å². The highest BCUT2D eigenvalue weighted by molar-refractivity contribution is 6.35. The number of carbonyl (C=O) groups is 1. The van der Waals surface area contributed by atoms with Crippen LogP contribution in [0.4, 0.5) is 22.0 Å². The lowest BCUT2D eigenvalue weighted by atomic mass is 10.0. The van der Waals surface area contributed by atoms with E-state index in [4.69, 9.17) is 32.7 Å². The van der Waals surface area contributed by atoms with Gasteiger partial charge < -0.3 is 24.0 Å². The van der Waals surface area contributed by atoms with Crippen LogP contribution in [0.15, 0.2) is 61.1 Å². The molecule has 4 aromatic rings. The number of hydrogen-bond acceptors (Lipinski definition) is 5. The van der Waals surface area contributed by atoms with Crippen LogP contribution in [0, 0.1) is 11.1 Å². The molecule has 1 atom stereocenters. The molecule has 43 heavy (non-hydrogen) atoms. The number of alkyl halides is 5. The summed E-state index contributed by atoms with van der Waals surface area (Å²) in [5.74, 6) is -0.751. The minimum Gasteiger partial charge on any atom is -0.619 e. The maximum Gasteiger partial charge on any atom is 0.416 e. The Balaban J connectivity index is 1.46. The van der Waals surface area contributed by atoms with Gasteiger partial charge in [-0.2, -0.15) is 26.7 Å². The van der Waals surface area contributed by atoms with Gasteiger partial charge in [0, 0.05) is 23.7 Å².